The maximum absolute atomic E-state index is 12.7. The Labute approximate surface area is 163 Å². The first-order valence-electron chi connectivity index (χ1n) is 8.71. The summed E-state index contributed by atoms with van der Waals surface area (Å²) in [6.45, 7) is 6.71. The lowest BCUT2D eigenvalue weighted by Crippen LogP contribution is -2.46. The van der Waals surface area contributed by atoms with Crippen molar-refractivity contribution < 1.29 is 28.7 Å². The second-order valence-electron chi connectivity index (χ2n) is 7.15. The molecule has 0 aromatic heterocycles. The molecule has 0 aliphatic heterocycles. The molecule has 0 saturated carbocycles. The third kappa shape index (κ3) is 7.26. The minimum Gasteiger partial charge on any atom is -0.469 e. The van der Waals surface area contributed by atoms with Gasteiger partial charge in [0.25, 0.3) is 0 Å². The van der Waals surface area contributed by atoms with E-state index in [-0.39, 0.29) is 18.4 Å². The number of carbonyl (C=O) groups excluding carboxylic acids is 4. The van der Waals surface area contributed by atoms with Crippen molar-refractivity contribution in [2.75, 3.05) is 12.4 Å². The van der Waals surface area contributed by atoms with Crippen molar-refractivity contribution in [2.24, 2.45) is 5.73 Å². The third-order valence-corrected chi connectivity index (χ3v) is 3.73. The third-order valence-electron chi connectivity index (χ3n) is 3.73. The van der Waals surface area contributed by atoms with Crippen LogP contribution < -0.4 is 16.4 Å². The fraction of sp³-hybridized carbons (Fsp3) is 0.474. The number of methoxy groups -OCH3 is 1. The topological polar surface area (TPSA) is 137 Å². The molecule has 28 heavy (non-hydrogen) atoms. The summed E-state index contributed by atoms with van der Waals surface area (Å²) in [5.74, 6) is -1.71. The molecule has 9 heteroatoms. The first kappa shape index (κ1) is 22.9. The van der Waals surface area contributed by atoms with Gasteiger partial charge in [-0.3, -0.25) is 14.4 Å². The highest BCUT2D eigenvalue weighted by atomic mass is 16.6. The fourth-order valence-electron chi connectivity index (χ4n) is 2.34. The summed E-state index contributed by atoms with van der Waals surface area (Å²) >= 11 is 0. The second kappa shape index (κ2) is 9.72. The molecule has 0 fully saturated rings. The van der Waals surface area contributed by atoms with Crippen LogP contribution in [0.15, 0.2) is 18.2 Å². The summed E-state index contributed by atoms with van der Waals surface area (Å²) in [7, 11) is 1.23. The number of rotatable bonds is 7. The van der Waals surface area contributed by atoms with Gasteiger partial charge in [0.05, 0.1) is 7.11 Å². The number of amides is 3. The van der Waals surface area contributed by atoms with Crippen LogP contribution in [0.25, 0.3) is 0 Å². The lowest BCUT2D eigenvalue weighted by Gasteiger charge is -2.23. The number of esters is 1. The van der Waals surface area contributed by atoms with Crippen molar-refractivity contribution in [3.63, 3.8) is 0 Å². The molecule has 0 heterocycles. The first-order valence-corrected chi connectivity index (χ1v) is 8.71. The van der Waals surface area contributed by atoms with Crippen LogP contribution in [0.2, 0.25) is 0 Å². The molecular formula is C19H27N3O6. The maximum Gasteiger partial charge on any atom is 0.408 e. The molecule has 0 spiro atoms. The molecule has 0 bridgehead atoms. The molecule has 1 rings (SSSR count). The zero-order valence-corrected chi connectivity index (χ0v) is 16.8. The van der Waals surface area contributed by atoms with Crippen molar-refractivity contribution in [3.8, 4) is 0 Å². The quantitative estimate of drug-likeness (QED) is 0.605. The zero-order valence-electron chi connectivity index (χ0n) is 16.8. The van der Waals surface area contributed by atoms with E-state index in [4.69, 9.17) is 10.5 Å². The minimum atomic E-state index is -1.05. The van der Waals surface area contributed by atoms with Crippen LogP contribution in [-0.2, 0) is 19.1 Å². The van der Waals surface area contributed by atoms with Gasteiger partial charge in [0, 0.05) is 17.7 Å². The molecule has 3 amide bonds. The number of carbonyl (C=O) groups is 4. The number of anilines is 1. The highest BCUT2D eigenvalue weighted by Gasteiger charge is 2.26. The molecule has 0 saturated heterocycles. The van der Waals surface area contributed by atoms with Crippen LogP contribution in [0.1, 0.15) is 49.5 Å². The highest BCUT2D eigenvalue weighted by Crippen LogP contribution is 2.19. The molecule has 9 nitrogen and oxygen atoms in total. The van der Waals surface area contributed by atoms with Gasteiger partial charge >= 0.3 is 12.1 Å². The van der Waals surface area contributed by atoms with Crippen molar-refractivity contribution in [2.45, 2.75) is 52.2 Å². The molecule has 4 N–H and O–H groups in total. The molecule has 0 unspecified atom stereocenters. The van der Waals surface area contributed by atoms with E-state index in [0.29, 0.717) is 11.3 Å². The van der Waals surface area contributed by atoms with E-state index >= 15 is 0 Å². The number of alkyl carbamates (subject to hydrolysis) is 1. The molecule has 0 aliphatic rings. The summed E-state index contributed by atoms with van der Waals surface area (Å²) in [6, 6.07) is 3.67. The monoisotopic (exact) mass is 393 g/mol. The van der Waals surface area contributed by atoms with E-state index in [9.17, 15) is 19.2 Å². The molecule has 1 aromatic carbocycles. The summed E-state index contributed by atoms with van der Waals surface area (Å²) in [5.41, 5.74) is 5.70. The molecule has 1 aromatic rings. The van der Waals surface area contributed by atoms with Gasteiger partial charge < -0.3 is 25.8 Å². The van der Waals surface area contributed by atoms with E-state index in [1.165, 1.54) is 7.11 Å². The van der Waals surface area contributed by atoms with Gasteiger partial charge in [-0.05, 0) is 51.8 Å². The summed E-state index contributed by atoms with van der Waals surface area (Å²) in [6.07, 6.45) is -0.864. The minimum absolute atomic E-state index is 0.00626. The lowest BCUT2D eigenvalue weighted by atomic mass is 10.1. The maximum atomic E-state index is 12.7. The highest BCUT2D eigenvalue weighted by molar-refractivity contribution is 6.00. The average Bonchev–Trinajstić information content (AvgIpc) is 2.57. The van der Waals surface area contributed by atoms with Gasteiger partial charge in [-0.15, -0.1) is 0 Å². The summed E-state index contributed by atoms with van der Waals surface area (Å²) < 4.78 is 9.75. The smallest absolute Gasteiger partial charge is 0.408 e. The normalized spacial score (nSPS) is 11.9. The van der Waals surface area contributed by atoms with E-state index in [2.05, 4.69) is 15.4 Å². The predicted octanol–water partition coefficient (Wildman–Crippen LogP) is 1.88. The lowest BCUT2D eigenvalue weighted by molar-refractivity contribution is -0.140. The van der Waals surface area contributed by atoms with Crippen LogP contribution in [0.3, 0.4) is 0 Å². The number of hydrogen-bond donors (Lipinski definition) is 3. The van der Waals surface area contributed by atoms with Gasteiger partial charge in [-0.2, -0.15) is 0 Å². The first-order chi connectivity index (χ1) is 12.9. The summed E-state index contributed by atoms with van der Waals surface area (Å²) in [5, 5.41) is 5.10. The van der Waals surface area contributed by atoms with E-state index < -0.39 is 35.5 Å². The van der Waals surface area contributed by atoms with Crippen LogP contribution in [0.5, 0.6) is 0 Å². The van der Waals surface area contributed by atoms with Gasteiger partial charge in [0.2, 0.25) is 11.8 Å². The largest absolute Gasteiger partial charge is 0.469 e. The number of primary amides is 1. The Morgan fingerprint density at radius 1 is 1.18 bits per heavy atom. The predicted molar refractivity (Wildman–Crippen MR) is 103 cm³/mol. The number of hydrogen-bond acceptors (Lipinski definition) is 6. The Bertz CT molecular complexity index is 755. The fourth-order valence-corrected chi connectivity index (χ4v) is 2.34. The number of nitrogens with two attached hydrogens (primary N) is 1. The Morgan fingerprint density at radius 3 is 2.36 bits per heavy atom. The Kier molecular flexibility index (Phi) is 7.97. The molecule has 0 aliphatic carbocycles. The molecule has 1 atom stereocenters. The Morgan fingerprint density at radius 2 is 1.82 bits per heavy atom. The Hall–Kier alpha value is -3.10. The van der Waals surface area contributed by atoms with Crippen molar-refractivity contribution >= 4 is 29.6 Å². The van der Waals surface area contributed by atoms with Crippen LogP contribution >= 0.6 is 0 Å². The van der Waals surface area contributed by atoms with Crippen molar-refractivity contribution in [3.05, 3.63) is 29.3 Å². The number of nitrogens with one attached hydrogen (secondary N) is 2. The van der Waals surface area contributed by atoms with Crippen LogP contribution in [-0.4, -0.2) is 42.6 Å². The molecular weight excluding hydrogens is 366 g/mol. The number of benzene rings is 1. The summed E-state index contributed by atoms with van der Waals surface area (Å²) in [4.78, 5) is 47.7. The number of ether oxygens (including phenoxy) is 2. The Balaban J connectivity index is 2.97. The van der Waals surface area contributed by atoms with Gasteiger partial charge in [0.1, 0.15) is 11.6 Å². The average molecular weight is 393 g/mol. The molecule has 0 radical (unpaired) electrons. The van der Waals surface area contributed by atoms with Gasteiger partial charge in [-0.1, -0.05) is 6.07 Å². The van der Waals surface area contributed by atoms with Crippen molar-refractivity contribution in [1.82, 2.24) is 5.32 Å². The SMILES string of the molecule is COC(=O)CC[C@@H](NC(=O)OC(C)(C)C)C(=O)Nc1cccc(C(N)=O)c1C. The standard InChI is InChI=1S/C19H27N3O6/c1-11-12(16(20)24)7-6-8-13(11)21-17(25)14(9-10-15(23)27-5)22-18(26)28-19(2,3)4/h6-8,14H,9-10H2,1-5H3,(H2,20,24)(H,21,25)(H,22,26)/t14-/m1/s1. The van der Waals surface area contributed by atoms with Crippen LogP contribution in [0, 0.1) is 6.92 Å². The van der Waals surface area contributed by atoms with E-state index in [0.717, 1.165) is 0 Å². The second-order valence-corrected chi connectivity index (χ2v) is 7.15. The van der Waals surface area contributed by atoms with Crippen molar-refractivity contribution in [1.29, 1.82) is 0 Å². The van der Waals surface area contributed by atoms with E-state index in [1.54, 1.807) is 45.9 Å². The van der Waals surface area contributed by atoms with Gasteiger partial charge in [0.15, 0.2) is 0 Å². The van der Waals surface area contributed by atoms with Gasteiger partial charge in [-0.25, -0.2) is 4.79 Å². The zero-order chi connectivity index (χ0) is 21.5. The van der Waals surface area contributed by atoms with E-state index in [1.807, 2.05) is 0 Å². The van der Waals surface area contributed by atoms with Crippen LogP contribution in [0.4, 0.5) is 10.5 Å². The molecule has 154 valence electrons.